The van der Waals surface area contributed by atoms with E-state index in [0.717, 1.165) is 11.1 Å². The van der Waals surface area contributed by atoms with Crippen LogP contribution in [0.3, 0.4) is 0 Å². The average molecular weight is 284 g/mol. The van der Waals surface area contributed by atoms with Crippen LogP contribution in [0, 0.1) is 25.7 Å². The number of ketones is 1. The highest BCUT2D eigenvalue weighted by atomic mass is 19.4. The summed E-state index contributed by atoms with van der Waals surface area (Å²) in [7, 11) is 0. The molecule has 0 aromatic heterocycles. The Balaban J connectivity index is 2.05. The van der Waals surface area contributed by atoms with E-state index in [4.69, 9.17) is 0 Å². The van der Waals surface area contributed by atoms with Gasteiger partial charge in [0.2, 0.25) is 0 Å². The molecule has 0 unspecified atom stereocenters. The van der Waals surface area contributed by atoms with Crippen molar-refractivity contribution in [1.82, 2.24) is 0 Å². The molecule has 0 aliphatic heterocycles. The van der Waals surface area contributed by atoms with Crippen LogP contribution in [0.4, 0.5) is 13.2 Å². The van der Waals surface area contributed by atoms with Gasteiger partial charge in [-0.25, -0.2) is 0 Å². The van der Waals surface area contributed by atoms with Crippen molar-refractivity contribution in [2.24, 2.45) is 11.8 Å². The lowest BCUT2D eigenvalue weighted by Crippen LogP contribution is -2.30. The lowest BCUT2D eigenvalue weighted by Gasteiger charge is -2.29. The third-order valence-electron chi connectivity index (χ3n) is 4.21. The largest absolute Gasteiger partial charge is 0.391 e. The van der Waals surface area contributed by atoms with E-state index < -0.39 is 12.1 Å². The molecule has 4 heteroatoms. The molecule has 0 atom stereocenters. The van der Waals surface area contributed by atoms with Crippen molar-refractivity contribution < 1.29 is 18.0 Å². The summed E-state index contributed by atoms with van der Waals surface area (Å²) in [5.74, 6) is -1.48. The SMILES string of the molecule is Cc1ccc(C(=O)C2CCC(C(F)(F)F)CC2)c(C)c1. The zero-order valence-corrected chi connectivity index (χ0v) is 11.8. The maximum Gasteiger partial charge on any atom is 0.391 e. The second-order valence-corrected chi connectivity index (χ2v) is 5.77. The van der Waals surface area contributed by atoms with Crippen molar-refractivity contribution in [3.05, 3.63) is 34.9 Å². The second-order valence-electron chi connectivity index (χ2n) is 5.77. The number of rotatable bonds is 2. The highest BCUT2D eigenvalue weighted by Gasteiger charge is 2.42. The molecule has 1 nitrogen and oxygen atoms in total. The fourth-order valence-electron chi connectivity index (χ4n) is 2.99. The molecule has 0 spiro atoms. The number of hydrogen-bond donors (Lipinski definition) is 0. The fourth-order valence-corrected chi connectivity index (χ4v) is 2.99. The Labute approximate surface area is 117 Å². The predicted octanol–water partition coefficient (Wildman–Crippen LogP) is 4.85. The van der Waals surface area contributed by atoms with Crippen LogP contribution >= 0.6 is 0 Å². The van der Waals surface area contributed by atoms with Gasteiger partial charge < -0.3 is 0 Å². The molecule has 0 radical (unpaired) electrons. The Morgan fingerprint density at radius 3 is 2.20 bits per heavy atom. The third kappa shape index (κ3) is 3.22. The Morgan fingerprint density at radius 2 is 1.70 bits per heavy atom. The van der Waals surface area contributed by atoms with E-state index in [9.17, 15) is 18.0 Å². The van der Waals surface area contributed by atoms with E-state index in [-0.39, 0.29) is 24.5 Å². The number of carbonyl (C=O) groups excluding carboxylic acids is 1. The van der Waals surface area contributed by atoms with Crippen LogP contribution in [0.5, 0.6) is 0 Å². The molecule has 1 saturated carbocycles. The zero-order valence-electron chi connectivity index (χ0n) is 11.8. The van der Waals surface area contributed by atoms with Gasteiger partial charge in [-0.15, -0.1) is 0 Å². The van der Waals surface area contributed by atoms with Crippen LogP contribution in [0.2, 0.25) is 0 Å². The molecule has 0 saturated heterocycles. The predicted molar refractivity (Wildman–Crippen MR) is 71.7 cm³/mol. The summed E-state index contributed by atoms with van der Waals surface area (Å²) in [6.45, 7) is 3.83. The summed E-state index contributed by atoms with van der Waals surface area (Å²) < 4.78 is 37.8. The second kappa shape index (κ2) is 5.58. The van der Waals surface area contributed by atoms with Gasteiger partial charge in [0, 0.05) is 11.5 Å². The van der Waals surface area contributed by atoms with Crippen LogP contribution < -0.4 is 0 Å². The molecule has 110 valence electrons. The lowest BCUT2D eigenvalue weighted by atomic mass is 9.78. The van der Waals surface area contributed by atoms with Crippen LogP contribution in [-0.2, 0) is 0 Å². The summed E-state index contributed by atoms with van der Waals surface area (Å²) in [4.78, 5) is 12.4. The Hall–Kier alpha value is -1.32. The highest BCUT2D eigenvalue weighted by Crippen LogP contribution is 2.40. The number of alkyl halides is 3. The molecule has 1 fully saturated rings. The summed E-state index contributed by atoms with van der Waals surface area (Å²) in [5.41, 5.74) is 2.65. The van der Waals surface area contributed by atoms with Gasteiger partial charge in [0.25, 0.3) is 0 Å². The van der Waals surface area contributed by atoms with Crippen molar-refractivity contribution >= 4 is 5.78 Å². The quantitative estimate of drug-likeness (QED) is 0.709. The van der Waals surface area contributed by atoms with Crippen LogP contribution in [-0.4, -0.2) is 12.0 Å². The van der Waals surface area contributed by atoms with Gasteiger partial charge in [-0.3, -0.25) is 4.79 Å². The number of aryl methyl sites for hydroxylation is 2. The topological polar surface area (TPSA) is 17.1 Å². The molecule has 1 aliphatic rings. The molecule has 0 N–H and O–H groups in total. The minimum Gasteiger partial charge on any atom is -0.294 e. The van der Waals surface area contributed by atoms with E-state index in [1.807, 2.05) is 26.0 Å². The first-order valence-electron chi connectivity index (χ1n) is 6.97. The molecule has 20 heavy (non-hydrogen) atoms. The minimum atomic E-state index is -4.12. The summed E-state index contributed by atoms with van der Waals surface area (Å²) in [6, 6.07) is 5.61. The van der Waals surface area contributed by atoms with Crippen molar-refractivity contribution in [1.29, 1.82) is 0 Å². The first-order valence-corrected chi connectivity index (χ1v) is 6.97. The molecule has 0 amide bonds. The average Bonchev–Trinajstić information content (AvgIpc) is 2.37. The van der Waals surface area contributed by atoms with Crippen LogP contribution in [0.1, 0.15) is 47.2 Å². The van der Waals surface area contributed by atoms with Crippen molar-refractivity contribution in [3.63, 3.8) is 0 Å². The van der Waals surface area contributed by atoms with Gasteiger partial charge in [0.15, 0.2) is 5.78 Å². The van der Waals surface area contributed by atoms with Crippen molar-refractivity contribution in [2.45, 2.75) is 45.7 Å². The Bertz CT molecular complexity index is 497. The smallest absolute Gasteiger partial charge is 0.294 e. The van der Waals surface area contributed by atoms with E-state index in [0.29, 0.717) is 18.4 Å². The summed E-state index contributed by atoms with van der Waals surface area (Å²) in [6.07, 6.45) is -3.28. The van der Waals surface area contributed by atoms with Gasteiger partial charge in [-0.05, 0) is 45.1 Å². The molecule has 1 aromatic rings. The monoisotopic (exact) mass is 284 g/mol. The number of Topliss-reactive ketones (excluding diaryl/α,β-unsaturated/α-hetero) is 1. The molecular formula is C16H19F3O. The van der Waals surface area contributed by atoms with Gasteiger partial charge in [0.05, 0.1) is 5.92 Å². The van der Waals surface area contributed by atoms with Crippen molar-refractivity contribution in [3.8, 4) is 0 Å². The molecule has 1 aromatic carbocycles. The fraction of sp³-hybridized carbons (Fsp3) is 0.562. The van der Waals surface area contributed by atoms with Crippen LogP contribution in [0.15, 0.2) is 18.2 Å². The van der Waals surface area contributed by atoms with E-state index in [1.165, 1.54) is 0 Å². The van der Waals surface area contributed by atoms with Gasteiger partial charge >= 0.3 is 6.18 Å². The van der Waals surface area contributed by atoms with Crippen molar-refractivity contribution in [2.75, 3.05) is 0 Å². The molecular weight excluding hydrogens is 265 g/mol. The van der Waals surface area contributed by atoms with Crippen LogP contribution in [0.25, 0.3) is 0 Å². The van der Waals surface area contributed by atoms with Gasteiger partial charge in [0.1, 0.15) is 0 Å². The highest BCUT2D eigenvalue weighted by molar-refractivity contribution is 5.99. The first-order chi connectivity index (χ1) is 9.29. The first kappa shape index (κ1) is 15.1. The minimum absolute atomic E-state index is 0.00289. The summed E-state index contributed by atoms with van der Waals surface area (Å²) in [5, 5.41) is 0. The summed E-state index contributed by atoms with van der Waals surface area (Å²) >= 11 is 0. The maximum absolute atomic E-state index is 12.6. The molecule has 0 bridgehead atoms. The van der Waals surface area contributed by atoms with E-state index in [1.54, 1.807) is 6.07 Å². The number of halogens is 3. The standard InChI is InChI=1S/C16H19F3O/c1-10-3-8-14(11(2)9-10)15(20)12-4-6-13(7-5-12)16(17,18)19/h3,8-9,12-13H,4-7H2,1-2H3. The maximum atomic E-state index is 12.6. The number of hydrogen-bond acceptors (Lipinski definition) is 1. The van der Waals surface area contributed by atoms with E-state index >= 15 is 0 Å². The van der Waals surface area contributed by atoms with Gasteiger partial charge in [-0.2, -0.15) is 13.2 Å². The van der Waals surface area contributed by atoms with Gasteiger partial charge in [-0.1, -0.05) is 23.8 Å². The third-order valence-corrected chi connectivity index (χ3v) is 4.21. The lowest BCUT2D eigenvalue weighted by molar-refractivity contribution is -0.183. The molecule has 1 aliphatic carbocycles. The Kier molecular flexibility index (Phi) is 4.21. The number of carbonyl (C=O) groups is 1. The number of benzene rings is 1. The molecule has 0 heterocycles. The van der Waals surface area contributed by atoms with E-state index in [2.05, 4.69) is 0 Å². The zero-order chi connectivity index (χ0) is 14.9. The normalized spacial score (nSPS) is 23.6. The molecule has 2 rings (SSSR count). The Morgan fingerprint density at radius 1 is 1.10 bits per heavy atom.